The Morgan fingerprint density at radius 2 is 2.26 bits per heavy atom. The molecule has 3 rings (SSSR count). The van der Waals surface area contributed by atoms with Crippen LogP contribution in [0.25, 0.3) is 0 Å². The summed E-state index contributed by atoms with van der Waals surface area (Å²) in [6, 6.07) is 0. The summed E-state index contributed by atoms with van der Waals surface area (Å²) in [5.74, 6) is 1.37. The van der Waals surface area contributed by atoms with E-state index >= 15 is 0 Å². The van der Waals surface area contributed by atoms with Crippen LogP contribution in [0.2, 0.25) is 0 Å². The van der Waals surface area contributed by atoms with Gasteiger partial charge in [-0.25, -0.2) is 9.97 Å². The van der Waals surface area contributed by atoms with Gasteiger partial charge in [0.1, 0.15) is 5.82 Å². The summed E-state index contributed by atoms with van der Waals surface area (Å²) in [5, 5.41) is 0. The average Bonchev–Trinajstić information content (AvgIpc) is 2.91. The van der Waals surface area contributed by atoms with Gasteiger partial charge in [-0.3, -0.25) is 9.88 Å². The van der Waals surface area contributed by atoms with Crippen molar-refractivity contribution in [3.8, 4) is 0 Å². The highest BCUT2D eigenvalue weighted by Crippen LogP contribution is 2.21. The fraction of sp³-hybridized carbons (Fsp3) is 0.500. The highest BCUT2D eigenvalue weighted by molar-refractivity contribution is 7.09. The summed E-state index contributed by atoms with van der Waals surface area (Å²) in [6.07, 6.45) is 4.99. The molecule has 1 aliphatic heterocycles. The van der Waals surface area contributed by atoms with E-state index in [0.717, 1.165) is 31.9 Å². The van der Waals surface area contributed by atoms with Gasteiger partial charge in [-0.05, 0) is 0 Å². The summed E-state index contributed by atoms with van der Waals surface area (Å²) in [7, 11) is 0. The van der Waals surface area contributed by atoms with E-state index in [4.69, 9.17) is 4.98 Å². The molecule has 100 valence electrons. The number of nitrogens with zero attached hydrogens (tertiary/aromatic N) is 4. The van der Waals surface area contributed by atoms with E-state index in [2.05, 4.69) is 28.7 Å². The highest BCUT2D eigenvalue weighted by atomic mass is 32.1. The molecular formula is C14H18N4S. The van der Waals surface area contributed by atoms with Gasteiger partial charge in [0.15, 0.2) is 0 Å². The Labute approximate surface area is 117 Å². The van der Waals surface area contributed by atoms with Gasteiger partial charge in [-0.2, -0.15) is 0 Å². The molecule has 0 saturated heterocycles. The van der Waals surface area contributed by atoms with E-state index < -0.39 is 0 Å². The lowest BCUT2D eigenvalue weighted by molar-refractivity contribution is 0.244. The van der Waals surface area contributed by atoms with Crippen molar-refractivity contribution in [2.45, 2.75) is 39.3 Å². The van der Waals surface area contributed by atoms with E-state index in [1.54, 1.807) is 11.3 Å². The fourth-order valence-corrected chi connectivity index (χ4v) is 2.98. The van der Waals surface area contributed by atoms with Crippen LogP contribution in [0, 0.1) is 0 Å². The first-order chi connectivity index (χ1) is 9.22. The molecule has 0 atom stereocenters. The lowest BCUT2D eigenvalue weighted by Gasteiger charge is -2.27. The molecule has 2 aromatic rings. The van der Waals surface area contributed by atoms with Gasteiger partial charge < -0.3 is 0 Å². The largest absolute Gasteiger partial charge is 0.293 e. The fourth-order valence-electron chi connectivity index (χ4n) is 2.34. The van der Waals surface area contributed by atoms with Gasteiger partial charge in [-0.1, -0.05) is 13.8 Å². The second-order valence-electron chi connectivity index (χ2n) is 5.28. The van der Waals surface area contributed by atoms with Gasteiger partial charge in [0.2, 0.25) is 0 Å². The summed E-state index contributed by atoms with van der Waals surface area (Å²) >= 11 is 1.72. The Hall–Kier alpha value is -1.33. The zero-order valence-electron chi connectivity index (χ0n) is 11.3. The minimum absolute atomic E-state index is 0.403. The molecule has 0 amide bonds. The summed E-state index contributed by atoms with van der Waals surface area (Å²) < 4.78 is 0. The monoisotopic (exact) mass is 274 g/mol. The number of thiazole rings is 1. The van der Waals surface area contributed by atoms with Crippen LogP contribution in [0.5, 0.6) is 0 Å². The molecule has 3 heterocycles. The number of hydrogen-bond donors (Lipinski definition) is 0. The second kappa shape index (κ2) is 5.35. The van der Waals surface area contributed by atoms with Crippen LogP contribution >= 0.6 is 11.3 Å². The van der Waals surface area contributed by atoms with Crippen molar-refractivity contribution in [1.29, 1.82) is 0 Å². The maximum absolute atomic E-state index is 4.70. The smallest absolute Gasteiger partial charge is 0.131 e. The first-order valence-electron chi connectivity index (χ1n) is 6.67. The molecule has 0 aromatic carbocycles. The first-order valence-corrected chi connectivity index (χ1v) is 7.54. The number of hydrogen-bond acceptors (Lipinski definition) is 5. The third kappa shape index (κ3) is 2.82. The summed E-state index contributed by atoms with van der Waals surface area (Å²) in [5.41, 5.74) is 4.41. The van der Waals surface area contributed by atoms with E-state index in [9.17, 15) is 0 Å². The molecule has 0 unspecified atom stereocenters. The lowest BCUT2D eigenvalue weighted by atomic mass is 10.1. The van der Waals surface area contributed by atoms with Gasteiger partial charge in [0.05, 0.1) is 5.51 Å². The molecule has 0 spiro atoms. The molecule has 19 heavy (non-hydrogen) atoms. The van der Waals surface area contributed by atoms with Crippen molar-refractivity contribution in [3.05, 3.63) is 39.9 Å². The standard InChI is InChI=1S/C14H18N4S/c1-10(2)14-16-5-11-7-18(4-3-13(11)17-14)8-12-6-15-9-19-12/h5-6,9-10H,3-4,7-8H2,1-2H3. The van der Waals surface area contributed by atoms with Crippen LogP contribution in [-0.4, -0.2) is 26.4 Å². The Bertz CT molecular complexity index is 551. The van der Waals surface area contributed by atoms with E-state index in [-0.39, 0.29) is 0 Å². The zero-order chi connectivity index (χ0) is 13.2. The maximum atomic E-state index is 4.70. The average molecular weight is 274 g/mol. The normalized spacial score (nSPS) is 15.7. The Morgan fingerprint density at radius 1 is 1.37 bits per heavy atom. The van der Waals surface area contributed by atoms with Crippen LogP contribution in [0.15, 0.2) is 17.9 Å². The van der Waals surface area contributed by atoms with Gasteiger partial charge >= 0.3 is 0 Å². The molecule has 0 saturated carbocycles. The number of aromatic nitrogens is 3. The maximum Gasteiger partial charge on any atom is 0.131 e. The highest BCUT2D eigenvalue weighted by Gasteiger charge is 2.19. The molecule has 0 fully saturated rings. The van der Waals surface area contributed by atoms with E-state index in [1.807, 2.05) is 17.9 Å². The first kappa shape index (κ1) is 12.7. The van der Waals surface area contributed by atoms with Crippen LogP contribution in [-0.2, 0) is 19.5 Å². The third-order valence-corrected chi connectivity index (χ3v) is 4.18. The minimum atomic E-state index is 0.403. The number of fused-ring (bicyclic) bond motifs is 1. The van der Waals surface area contributed by atoms with E-state index in [0.29, 0.717) is 5.92 Å². The quantitative estimate of drug-likeness (QED) is 0.863. The van der Waals surface area contributed by atoms with Crippen molar-refractivity contribution in [3.63, 3.8) is 0 Å². The second-order valence-corrected chi connectivity index (χ2v) is 6.25. The molecule has 0 aliphatic carbocycles. The van der Waals surface area contributed by atoms with Crippen molar-refractivity contribution < 1.29 is 0 Å². The molecular weight excluding hydrogens is 256 g/mol. The molecule has 0 bridgehead atoms. The molecule has 0 N–H and O–H groups in total. The van der Waals surface area contributed by atoms with Crippen LogP contribution in [0.4, 0.5) is 0 Å². The predicted octanol–water partition coefficient (Wildman–Crippen LogP) is 2.61. The molecule has 1 aliphatic rings. The van der Waals surface area contributed by atoms with Crippen LogP contribution in [0.3, 0.4) is 0 Å². The zero-order valence-corrected chi connectivity index (χ0v) is 12.2. The number of rotatable bonds is 3. The molecule has 4 nitrogen and oxygen atoms in total. The van der Waals surface area contributed by atoms with E-state index in [1.165, 1.54) is 16.1 Å². The summed E-state index contributed by atoms with van der Waals surface area (Å²) in [4.78, 5) is 17.1. The van der Waals surface area contributed by atoms with Crippen LogP contribution in [0.1, 0.15) is 41.7 Å². The molecule has 2 aromatic heterocycles. The Kier molecular flexibility index (Phi) is 3.57. The van der Waals surface area contributed by atoms with Gasteiger partial charge in [-0.15, -0.1) is 11.3 Å². The van der Waals surface area contributed by atoms with Crippen molar-refractivity contribution in [1.82, 2.24) is 19.9 Å². The van der Waals surface area contributed by atoms with Crippen molar-refractivity contribution >= 4 is 11.3 Å². The Balaban J connectivity index is 1.73. The lowest BCUT2D eigenvalue weighted by Crippen LogP contribution is -2.30. The third-order valence-electron chi connectivity index (χ3n) is 3.41. The molecule has 5 heteroatoms. The predicted molar refractivity (Wildman–Crippen MR) is 76.1 cm³/mol. The topological polar surface area (TPSA) is 41.9 Å². The van der Waals surface area contributed by atoms with Gasteiger partial charge in [0, 0.05) is 60.5 Å². The van der Waals surface area contributed by atoms with Crippen molar-refractivity contribution in [2.75, 3.05) is 6.54 Å². The van der Waals surface area contributed by atoms with Crippen molar-refractivity contribution in [2.24, 2.45) is 0 Å². The minimum Gasteiger partial charge on any atom is -0.293 e. The van der Waals surface area contributed by atoms with Crippen LogP contribution < -0.4 is 0 Å². The molecule has 0 radical (unpaired) electrons. The SMILES string of the molecule is CC(C)c1ncc2c(n1)CCN(Cc1cncs1)C2. The van der Waals surface area contributed by atoms with Gasteiger partial charge in [0.25, 0.3) is 0 Å². The Morgan fingerprint density at radius 3 is 3.00 bits per heavy atom. The summed E-state index contributed by atoms with van der Waals surface area (Å²) in [6.45, 7) is 7.28.